The number of ether oxygens (including phenoxy) is 6. The predicted molar refractivity (Wildman–Crippen MR) is 204 cm³/mol. The van der Waals surface area contributed by atoms with Gasteiger partial charge in [0.2, 0.25) is 0 Å². The number of carbonyl (C=O) groups is 2. The van der Waals surface area contributed by atoms with Crippen LogP contribution in [-0.4, -0.2) is 75.0 Å². The van der Waals surface area contributed by atoms with Crippen LogP contribution in [0.15, 0.2) is 108 Å². The topological polar surface area (TPSA) is 158 Å². The van der Waals surface area contributed by atoms with Crippen molar-refractivity contribution in [3.63, 3.8) is 0 Å². The minimum atomic E-state index is -0.891. The summed E-state index contributed by atoms with van der Waals surface area (Å²) in [6, 6.07) is 30.6. The smallest absolute Gasteiger partial charge is 0.348 e. The summed E-state index contributed by atoms with van der Waals surface area (Å²) in [5, 5.41) is 30.0. The average molecular weight is 747 g/mol. The fraction of sp³-hybridized carbons (Fsp3) is 0.256. The molecule has 0 aliphatic heterocycles. The van der Waals surface area contributed by atoms with Crippen LogP contribution in [0.1, 0.15) is 36.1 Å². The summed E-state index contributed by atoms with van der Waals surface area (Å²) >= 11 is 0. The van der Waals surface area contributed by atoms with Crippen molar-refractivity contribution in [2.24, 2.45) is 0 Å². The number of methoxy groups -OCH3 is 2. The molecule has 2 atom stereocenters. The van der Waals surface area contributed by atoms with Crippen LogP contribution < -0.4 is 18.9 Å². The van der Waals surface area contributed by atoms with Crippen molar-refractivity contribution in [3.05, 3.63) is 142 Å². The normalized spacial score (nSPS) is 12.7. The molecule has 0 saturated carbocycles. The minimum Gasteiger partial charge on any atom is -0.491 e. The molecule has 0 amide bonds. The number of aliphatic hydroxyl groups excluding tert-OH is 2. The van der Waals surface area contributed by atoms with E-state index in [1.165, 1.54) is 26.4 Å². The van der Waals surface area contributed by atoms with Crippen molar-refractivity contribution in [3.8, 4) is 29.1 Å². The first-order valence-electron chi connectivity index (χ1n) is 17.1. The van der Waals surface area contributed by atoms with Crippen LogP contribution in [0, 0.1) is 17.9 Å². The molecule has 0 heterocycles. The summed E-state index contributed by atoms with van der Waals surface area (Å²) in [5.74, 6) is 0.795. The van der Waals surface area contributed by atoms with E-state index < -0.39 is 24.1 Å². The largest absolute Gasteiger partial charge is 0.491 e. The van der Waals surface area contributed by atoms with Gasteiger partial charge >= 0.3 is 11.9 Å². The van der Waals surface area contributed by atoms with Gasteiger partial charge in [-0.2, -0.15) is 5.26 Å². The fourth-order valence-corrected chi connectivity index (χ4v) is 5.10. The van der Waals surface area contributed by atoms with Crippen LogP contribution in [0.3, 0.4) is 0 Å². The highest BCUT2D eigenvalue weighted by Crippen LogP contribution is 2.33. The van der Waals surface area contributed by atoms with Gasteiger partial charge < -0.3 is 38.6 Å². The van der Waals surface area contributed by atoms with Crippen LogP contribution in [0.5, 0.6) is 23.0 Å². The van der Waals surface area contributed by atoms with Gasteiger partial charge in [0.15, 0.2) is 0 Å². The first kappa shape index (κ1) is 41.2. The van der Waals surface area contributed by atoms with Gasteiger partial charge in [0.1, 0.15) is 73.3 Å². The van der Waals surface area contributed by atoms with E-state index in [1.807, 2.05) is 48.5 Å². The van der Waals surface area contributed by atoms with Gasteiger partial charge in [-0.15, -0.1) is 0 Å². The van der Waals surface area contributed by atoms with E-state index in [4.69, 9.17) is 30.8 Å². The first-order chi connectivity index (χ1) is 26.4. The monoisotopic (exact) mass is 746 g/mol. The molecular weight excluding hydrogens is 704 g/mol. The van der Waals surface area contributed by atoms with E-state index in [9.17, 15) is 19.8 Å². The van der Waals surface area contributed by atoms with Gasteiger partial charge in [-0.25, -0.2) is 9.64 Å². The molecule has 0 aliphatic rings. The minimum absolute atomic E-state index is 0.000287. The summed E-state index contributed by atoms with van der Waals surface area (Å²) in [5.41, 5.74) is 2.76. The lowest BCUT2D eigenvalue weighted by atomic mass is 9.78. The fourth-order valence-electron chi connectivity index (χ4n) is 5.10. The molecule has 4 aromatic carbocycles. The molecule has 0 aromatic heterocycles. The summed E-state index contributed by atoms with van der Waals surface area (Å²) < 4.78 is 32.1. The summed E-state index contributed by atoms with van der Waals surface area (Å²) in [6.07, 6.45) is 1.06. The van der Waals surface area contributed by atoms with Gasteiger partial charge in [0.05, 0.1) is 20.8 Å². The van der Waals surface area contributed by atoms with Gasteiger partial charge in [-0.05, 0) is 82.9 Å². The molecule has 2 N–H and O–H groups in total. The summed E-state index contributed by atoms with van der Waals surface area (Å²) in [7, 11) is 2.43. The van der Waals surface area contributed by atoms with Crippen molar-refractivity contribution >= 4 is 24.1 Å². The third-order valence-electron chi connectivity index (χ3n) is 8.34. The van der Waals surface area contributed by atoms with Gasteiger partial charge in [0, 0.05) is 5.41 Å². The molecule has 2 unspecified atom stereocenters. The highest BCUT2D eigenvalue weighted by Gasteiger charge is 2.23. The lowest BCUT2D eigenvalue weighted by Crippen LogP contribution is -2.25. The number of hydrogen-bond donors (Lipinski definition) is 2. The van der Waals surface area contributed by atoms with E-state index >= 15 is 0 Å². The lowest BCUT2D eigenvalue weighted by Gasteiger charge is -2.26. The van der Waals surface area contributed by atoms with Crippen LogP contribution in [0.4, 0.5) is 0 Å². The van der Waals surface area contributed by atoms with Crippen molar-refractivity contribution < 1.29 is 48.2 Å². The Kier molecular flexibility index (Phi) is 15.0. The second-order valence-corrected chi connectivity index (χ2v) is 12.7. The molecule has 0 spiro atoms. The lowest BCUT2D eigenvalue weighted by molar-refractivity contribution is -0.136. The maximum absolute atomic E-state index is 11.6. The van der Waals surface area contributed by atoms with Crippen LogP contribution in [0.2, 0.25) is 0 Å². The number of nitriles is 1. The van der Waals surface area contributed by atoms with Crippen molar-refractivity contribution in [1.82, 2.24) is 0 Å². The molecule has 0 saturated heterocycles. The molecule has 4 rings (SSSR count). The van der Waals surface area contributed by atoms with Gasteiger partial charge in [0.25, 0.3) is 5.70 Å². The zero-order chi connectivity index (χ0) is 39.8. The number of carbonyl (C=O) groups excluding carboxylic acids is 2. The maximum atomic E-state index is 11.6. The maximum Gasteiger partial charge on any atom is 0.348 e. The van der Waals surface area contributed by atoms with E-state index in [0.29, 0.717) is 34.1 Å². The van der Waals surface area contributed by atoms with Gasteiger partial charge in [-0.3, -0.25) is 4.79 Å². The summed E-state index contributed by atoms with van der Waals surface area (Å²) in [4.78, 5) is 26.4. The molecule has 55 heavy (non-hydrogen) atoms. The molecule has 4 aromatic rings. The van der Waals surface area contributed by atoms with Crippen molar-refractivity contribution in [1.29, 1.82) is 5.26 Å². The summed E-state index contributed by atoms with van der Waals surface area (Å²) in [6.45, 7) is 11.4. The van der Waals surface area contributed by atoms with Gasteiger partial charge in [-0.1, -0.05) is 62.4 Å². The molecule has 0 radical (unpaired) electrons. The standard InChI is InChI=1S/C43H42N2O10/c1-43(2,32-10-18-38(19-11-32)54-27-34(46)25-52-36-14-6-29(7-15-36)22-31(24-44)41(48)50-4)33-12-20-39(21-13-33)55-28-35(47)26-53-37-16-8-30(9-17-37)23-40(45-3)42(49)51-5/h6-23,34-35,46-47H,25-28H2,1-2,4-5H3/b31-22-,40-23-. The Labute approximate surface area is 320 Å². The van der Waals surface area contributed by atoms with Crippen molar-refractivity contribution in [2.75, 3.05) is 40.6 Å². The van der Waals surface area contributed by atoms with Crippen LogP contribution in [0.25, 0.3) is 17.0 Å². The highest BCUT2D eigenvalue weighted by molar-refractivity contribution is 5.97. The van der Waals surface area contributed by atoms with E-state index in [1.54, 1.807) is 54.6 Å². The van der Waals surface area contributed by atoms with E-state index in [-0.39, 0.29) is 43.1 Å². The molecule has 0 fully saturated rings. The van der Waals surface area contributed by atoms with E-state index in [0.717, 1.165) is 11.1 Å². The van der Waals surface area contributed by atoms with E-state index in [2.05, 4.69) is 28.2 Å². The van der Waals surface area contributed by atoms with Crippen LogP contribution in [-0.2, 0) is 24.5 Å². The first-order valence-corrected chi connectivity index (χ1v) is 17.1. The number of esters is 2. The number of rotatable bonds is 18. The van der Waals surface area contributed by atoms with Crippen molar-refractivity contribution in [2.45, 2.75) is 31.5 Å². The molecule has 0 bridgehead atoms. The SMILES string of the molecule is [C-]#[N+]/C(=C\c1ccc(OCC(O)COc2ccc(C(C)(C)c3ccc(OCC(O)COc4ccc(/C=C(/C#N)C(=O)OC)cc4)cc3)cc2)cc1)C(=O)OC. The number of aliphatic hydroxyl groups is 2. The van der Waals surface area contributed by atoms with Crippen LogP contribution >= 0.6 is 0 Å². The quantitative estimate of drug-likeness (QED) is 0.0520. The second kappa shape index (κ2) is 20.0. The Balaban J connectivity index is 1.20. The average Bonchev–Trinajstić information content (AvgIpc) is 3.22. The number of benzene rings is 4. The Morgan fingerprint density at radius 3 is 1.33 bits per heavy atom. The predicted octanol–water partition coefficient (Wildman–Crippen LogP) is 6.16. The zero-order valence-corrected chi connectivity index (χ0v) is 30.9. The Hall–Kier alpha value is -6.60. The second-order valence-electron chi connectivity index (χ2n) is 12.7. The zero-order valence-electron chi connectivity index (χ0n) is 30.9. The molecular formula is C43H42N2O10. The Bertz CT molecular complexity index is 1880. The third-order valence-corrected chi connectivity index (χ3v) is 8.34. The highest BCUT2D eigenvalue weighted by atomic mass is 16.5. The Morgan fingerprint density at radius 2 is 1.00 bits per heavy atom. The Morgan fingerprint density at radius 1 is 0.655 bits per heavy atom. The third kappa shape index (κ3) is 12.2. The molecule has 0 aliphatic carbocycles. The number of nitrogens with zero attached hydrogens (tertiary/aromatic N) is 2. The number of hydrogen-bond acceptors (Lipinski definition) is 11. The molecule has 12 heteroatoms. The molecule has 12 nitrogen and oxygen atoms in total. The molecule has 284 valence electrons.